The van der Waals surface area contributed by atoms with E-state index in [1.807, 2.05) is 54.6 Å². The van der Waals surface area contributed by atoms with Crippen LogP contribution in [0.2, 0.25) is 0 Å². The van der Waals surface area contributed by atoms with Gasteiger partial charge in [0.15, 0.2) is 17.5 Å². The van der Waals surface area contributed by atoms with Crippen LogP contribution in [0, 0.1) is 29.3 Å². The first-order valence-electron chi connectivity index (χ1n) is 10.7. The molecule has 166 valence electrons. The minimum absolute atomic E-state index is 0.0624. The van der Waals surface area contributed by atoms with Crippen molar-refractivity contribution in [2.75, 3.05) is 0 Å². The van der Waals surface area contributed by atoms with Crippen molar-refractivity contribution in [2.24, 2.45) is 0 Å². The summed E-state index contributed by atoms with van der Waals surface area (Å²) in [5.74, 6) is 1.70. The molecular weight excluding hydrogens is 424 g/mol. The summed E-state index contributed by atoms with van der Waals surface area (Å²) in [7, 11) is 0. The van der Waals surface area contributed by atoms with Crippen LogP contribution >= 0.6 is 0 Å². The van der Waals surface area contributed by atoms with Crippen molar-refractivity contribution in [3.8, 4) is 11.8 Å². The molecule has 33 heavy (non-hydrogen) atoms. The molecule has 0 aliphatic rings. The second-order valence-electron chi connectivity index (χ2n) is 8.20. The van der Waals surface area contributed by atoms with Crippen LogP contribution < -0.4 is 0 Å². The number of rotatable bonds is 4. The molecule has 0 aromatic heterocycles. The van der Waals surface area contributed by atoms with E-state index >= 15 is 0 Å². The lowest BCUT2D eigenvalue weighted by atomic mass is 9.87. The van der Waals surface area contributed by atoms with Crippen molar-refractivity contribution in [1.29, 1.82) is 0 Å². The Kier molecular flexibility index (Phi) is 6.51. The van der Waals surface area contributed by atoms with Crippen molar-refractivity contribution in [3.63, 3.8) is 0 Å². The van der Waals surface area contributed by atoms with Gasteiger partial charge in [0.05, 0.1) is 0 Å². The van der Waals surface area contributed by atoms with Crippen LogP contribution in [0.4, 0.5) is 17.6 Å². The van der Waals surface area contributed by atoms with Crippen molar-refractivity contribution in [3.05, 3.63) is 118 Å². The molecule has 4 aromatic rings. The summed E-state index contributed by atoms with van der Waals surface area (Å²) in [6, 6.07) is 21.4. The number of halogens is 4. The summed E-state index contributed by atoms with van der Waals surface area (Å²) in [6.45, 7) is 3.67. The van der Waals surface area contributed by atoms with Crippen LogP contribution in [0.1, 0.15) is 47.6 Å². The zero-order chi connectivity index (χ0) is 23.5. The van der Waals surface area contributed by atoms with Gasteiger partial charge in [0.1, 0.15) is 6.17 Å². The molecule has 0 N–H and O–H groups in total. The molecule has 4 rings (SSSR count). The van der Waals surface area contributed by atoms with E-state index < -0.39 is 23.6 Å². The van der Waals surface area contributed by atoms with Gasteiger partial charge in [-0.3, -0.25) is 0 Å². The SMILES string of the molecule is CC(F)Cc1ccccc1C(C)c1ccc2c(C#Cc3cc(F)c(F)c(F)c3)cccc2c1. The third-order valence-electron chi connectivity index (χ3n) is 5.75. The fourth-order valence-electron chi connectivity index (χ4n) is 4.07. The number of hydrogen-bond acceptors (Lipinski definition) is 0. The van der Waals surface area contributed by atoms with Crippen LogP contribution in [0.3, 0.4) is 0 Å². The first-order valence-corrected chi connectivity index (χ1v) is 10.7. The van der Waals surface area contributed by atoms with Gasteiger partial charge in [0.2, 0.25) is 0 Å². The minimum atomic E-state index is -1.50. The Balaban J connectivity index is 1.69. The van der Waals surface area contributed by atoms with Crippen LogP contribution in [0.25, 0.3) is 10.8 Å². The minimum Gasteiger partial charge on any atom is -0.247 e. The van der Waals surface area contributed by atoms with Gasteiger partial charge >= 0.3 is 0 Å². The van der Waals surface area contributed by atoms with Gasteiger partial charge in [-0.05, 0) is 52.6 Å². The average Bonchev–Trinajstić information content (AvgIpc) is 2.80. The van der Waals surface area contributed by atoms with E-state index in [0.717, 1.165) is 39.6 Å². The molecule has 0 saturated heterocycles. The van der Waals surface area contributed by atoms with Crippen LogP contribution in [0.15, 0.2) is 72.8 Å². The zero-order valence-corrected chi connectivity index (χ0v) is 18.3. The van der Waals surface area contributed by atoms with E-state index in [9.17, 15) is 17.6 Å². The quantitative estimate of drug-likeness (QED) is 0.171. The molecule has 0 spiro atoms. The second kappa shape index (κ2) is 9.50. The molecule has 0 fully saturated rings. The van der Waals surface area contributed by atoms with E-state index in [4.69, 9.17) is 0 Å². The molecule has 2 unspecified atom stereocenters. The summed E-state index contributed by atoms with van der Waals surface area (Å²) in [6.07, 6.45) is -0.544. The molecule has 2 atom stereocenters. The van der Waals surface area contributed by atoms with Gasteiger partial charge in [-0.25, -0.2) is 17.6 Å². The van der Waals surface area contributed by atoms with Crippen LogP contribution in [-0.4, -0.2) is 6.17 Å². The predicted molar refractivity (Wildman–Crippen MR) is 124 cm³/mol. The smallest absolute Gasteiger partial charge is 0.194 e. The van der Waals surface area contributed by atoms with Gasteiger partial charge < -0.3 is 0 Å². The first-order chi connectivity index (χ1) is 15.8. The highest BCUT2D eigenvalue weighted by Crippen LogP contribution is 2.31. The Bertz CT molecular complexity index is 1350. The lowest BCUT2D eigenvalue weighted by Gasteiger charge is -2.18. The van der Waals surface area contributed by atoms with Gasteiger partial charge in [-0.15, -0.1) is 0 Å². The summed E-state index contributed by atoms with van der Waals surface area (Å²) >= 11 is 0. The maximum atomic E-state index is 13.7. The number of alkyl halides is 1. The molecule has 0 radical (unpaired) electrons. The highest BCUT2D eigenvalue weighted by molar-refractivity contribution is 5.89. The Morgan fingerprint density at radius 3 is 2.24 bits per heavy atom. The van der Waals surface area contributed by atoms with Crippen LogP contribution in [0.5, 0.6) is 0 Å². The third kappa shape index (κ3) is 4.93. The summed E-state index contributed by atoms with van der Waals surface area (Å²) < 4.78 is 53.8. The van der Waals surface area contributed by atoms with Crippen molar-refractivity contribution in [1.82, 2.24) is 0 Å². The number of hydrogen-bond donors (Lipinski definition) is 0. The van der Waals surface area contributed by atoms with Gasteiger partial charge in [0, 0.05) is 23.5 Å². The van der Waals surface area contributed by atoms with Gasteiger partial charge in [-0.2, -0.15) is 0 Å². The largest absolute Gasteiger partial charge is 0.247 e. The maximum absolute atomic E-state index is 13.7. The van der Waals surface area contributed by atoms with Crippen LogP contribution in [-0.2, 0) is 6.42 Å². The zero-order valence-electron chi connectivity index (χ0n) is 18.3. The van der Waals surface area contributed by atoms with E-state index in [1.165, 1.54) is 0 Å². The normalized spacial score (nSPS) is 12.8. The Labute approximate surface area is 190 Å². The predicted octanol–water partition coefficient (Wildman–Crippen LogP) is 7.71. The van der Waals surface area contributed by atoms with Gasteiger partial charge in [0.25, 0.3) is 0 Å². The molecule has 0 bridgehead atoms. The van der Waals surface area contributed by atoms with E-state index in [1.54, 1.807) is 6.92 Å². The van der Waals surface area contributed by atoms with Crippen molar-refractivity contribution >= 4 is 10.8 Å². The summed E-state index contributed by atoms with van der Waals surface area (Å²) in [4.78, 5) is 0. The molecule has 0 heterocycles. The monoisotopic (exact) mass is 446 g/mol. The standard InChI is InChI=1S/C29H22F4/c1-18(30)14-23-6-3-4-9-25(23)19(2)22-12-13-26-21(7-5-8-24(26)17-22)11-10-20-15-27(31)29(33)28(32)16-20/h3-9,12-13,15-19H,14H2,1-2H3. The Hall–Kier alpha value is -3.58. The second-order valence-corrected chi connectivity index (χ2v) is 8.20. The topological polar surface area (TPSA) is 0 Å². The number of fused-ring (bicyclic) bond motifs is 1. The molecule has 0 saturated carbocycles. The van der Waals surface area contributed by atoms with Crippen molar-refractivity contribution in [2.45, 2.75) is 32.4 Å². The third-order valence-corrected chi connectivity index (χ3v) is 5.75. The van der Waals surface area contributed by atoms with E-state index in [-0.39, 0.29) is 11.5 Å². The summed E-state index contributed by atoms with van der Waals surface area (Å²) in [5.41, 5.74) is 3.95. The van der Waals surface area contributed by atoms with E-state index in [0.29, 0.717) is 12.0 Å². The van der Waals surface area contributed by atoms with E-state index in [2.05, 4.69) is 24.8 Å². The fourth-order valence-corrected chi connectivity index (χ4v) is 4.07. The molecule has 0 amide bonds. The van der Waals surface area contributed by atoms with Gasteiger partial charge in [-0.1, -0.05) is 73.4 Å². The molecule has 0 aliphatic heterocycles. The lowest BCUT2D eigenvalue weighted by molar-refractivity contribution is 0.359. The maximum Gasteiger partial charge on any atom is 0.194 e. The average molecular weight is 446 g/mol. The highest BCUT2D eigenvalue weighted by atomic mass is 19.2. The molecule has 4 aromatic carbocycles. The highest BCUT2D eigenvalue weighted by Gasteiger charge is 2.15. The summed E-state index contributed by atoms with van der Waals surface area (Å²) in [5, 5.41) is 1.87. The molecule has 0 aliphatic carbocycles. The molecule has 4 heteroatoms. The fraction of sp³-hybridized carbons (Fsp3) is 0.172. The first kappa shape index (κ1) is 22.6. The molecular formula is C29H22F4. The van der Waals surface area contributed by atoms with Crippen molar-refractivity contribution < 1.29 is 17.6 Å². The lowest BCUT2D eigenvalue weighted by Crippen LogP contribution is -2.06. The molecule has 0 nitrogen and oxygen atoms in total. The Morgan fingerprint density at radius 1 is 0.788 bits per heavy atom. The Morgan fingerprint density at radius 2 is 1.52 bits per heavy atom. The number of benzene rings is 4.